The number of alkyl halides is 6. The highest BCUT2D eigenvalue weighted by molar-refractivity contribution is 5.89. The lowest BCUT2D eigenvalue weighted by molar-refractivity contribution is -0.278. The van der Waals surface area contributed by atoms with Gasteiger partial charge in [-0.2, -0.15) is 26.3 Å². The van der Waals surface area contributed by atoms with Crippen molar-refractivity contribution in [2.24, 2.45) is 5.92 Å². The van der Waals surface area contributed by atoms with E-state index in [2.05, 4.69) is 5.32 Å². The van der Waals surface area contributed by atoms with Gasteiger partial charge in [-0.05, 0) is 6.92 Å². The monoisotopic (exact) mass is 292 g/mol. The molecule has 1 atom stereocenters. The molecule has 0 spiro atoms. The van der Waals surface area contributed by atoms with E-state index < -0.39 is 42.7 Å². The summed E-state index contributed by atoms with van der Waals surface area (Å²) >= 11 is 0. The molecule has 1 unspecified atom stereocenters. The molecule has 0 aromatic heterocycles. The van der Waals surface area contributed by atoms with E-state index in [4.69, 9.17) is 0 Å². The number of halogens is 6. The maximum Gasteiger partial charge on any atom is 0.409 e. The fraction of sp³-hybridized carbons (Fsp3) is 0.778. The molecule has 2 amide bonds. The van der Waals surface area contributed by atoms with Crippen molar-refractivity contribution in [3.8, 4) is 0 Å². The van der Waals surface area contributed by atoms with Crippen molar-refractivity contribution in [1.29, 1.82) is 0 Å². The third kappa shape index (κ3) is 3.29. The third-order valence-corrected chi connectivity index (χ3v) is 2.68. The van der Waals surface area contributed by atoms with Gasteiger partial charge < -0.3 is 10.2 Å². The minimum absolute atomic E-state index is 0.183. The number of nitrogens with one attached hydrogen (secondary N) is 1. The van der Waals surface area contributed by atoms with Crippen LogP contribution in [-0.2, 0) is 9.59 Å². The van der Waals surface area contributed by atoms with Gasteiger partial charge in [-0.15, -0.1) is 0 Å². The van der Waals surface area contributed by atoms with Crippen molar-refractivity contribution in [2.75, 3.05) is 13.1 Å². The highest BCUT2D eigenvalue weighted by atomic mass is 19.4. The van der Waals surface area contributed by atoms with Gasteiger partial charge in [0.25, 0.3) is 0 Å². The summed E-state index contributed by atoms with van der Waals surface area (Å²) in [4.78, 5) is 22.9. The molecule has 0 aromatic carbocycles. The molecule has 1 fully saturated rings. The van der Waals surface area contributed by atoms with Gasteiger partial charge in [0.1, 0.15) is 6.04 Å². The van der Waals surface area contributed by atoms with Crippen LogP contribution in [0.1, 0.15) is 6.92 Å². The highest BCUT2D eigenvalue weighted by Gasteiger charge is 2.62. The van der Waals surface area contributed by atoms with Crippen LogP contribution in [0.4, 0.5) is 26.3 Å². The van der Waals surface area contributed by atoms with Crippen molar-refractivity contribution in [1.82, 2.24) is 10.2 Å². The average Bonchev–Trinajstić information content (AvgIpc) is 2.17. The number of carbonyl (C=O) groups excluding carboxylic acids is 2. The Morgan fingerprint density at radius 2 is 1.74 bits per heavy atom. The average molecular weight is 292 g/mol. The number of amides is 2. The third-order valence-electron chi connectivity index (χ3n) is 2.68. The summed E-state index contributed by atoms with van der Waals surface area (Å²) in [5.74, 6) is -7.04. The van der Waals surface area contributed by atoms with Crippen LogP contribution in [0, 0.1) is 5.92 Å². The van der Waals surface area contributed by atoms with Gasteiger partial charge in [0.15, 0.2) is 0 Å². The van der Waals surface area contributed by atoms with E-state index in [-0.39, 0.29) is 6.54 Å². The highest BCUT2D eigenvalue weighted by Crippen LogP contribution is 2.40. The molecule has 110 valence electrons. The smallest absolute Gasteiger partial charge is 0.353 e. The van der Waals surface area contributed by atoms with Gasteiger partial charge in [0.2, 0.25) is 17.7 Å². The summed E-state index contributed by atoms with van der Waals surface area (Å²) in [5, 5.41) is 2.24. The van der Waals surface area contributed by atoms with Crippen LogP contribution in [0.25, 0.3) is 0 Å². The molecule has 1 aliphatic heterocycles. The van der Waals surface area contributed by atoms with E-state index in [1.165, 1.54) is 0 Å². The second kappa shape index (κ2) is 4.89. The van der Waals surface area contributed by atoms with Crippen molar-refractivity contribution in [3.63, 3.8) is 0 Å². The summed E-state index contributed by atoms with van der Waals surface area (Å²) in [6.45, 7) is 0.488. The molecule has 0 saturated carbocycles. The molecule has 0 aliphatic carbocycles. The first-order valence-corrected chi connectivity index (χ1v) is 5.18. The number of carbonyl (C=O) groups is 2. The van der Waals surface area contributed by atoms with Crippen molar-refractivity contribution >= 4 is 11.8 Å². The summed E-state index contributed by atoms with van der Waals surface area (Å²) in [6, 6.07) is -1.37. The van der Waals surface area contributed by atoms with Crippen LogP contribution >= 0.6 is 0 Å². The SMILES string of the molecule is CC1C(=O)NCCN1C(=O)C(C(F)(F)F)C(F)(F)F. The maximum absolute atomic E-state index is 12.4. The van der Waals surface area contributed by atoms with Crippen molar-refractivity contribution in [3.05, 3.63) is 0 Å². The van der Waals surface area contributed by atoms with E-state index in [0.717, 1.165) is 6.92 Å². The molecular formula is C9H10F6N2O2. The van der Waals surface area contributed by atoms with Gasteiger partial charge in [-0.1, -0.05) is 0 Å². The Morgan fingerprint density at radius 3 is 2.16 bits per heavy atom. The number of nitrogens with zero attached hydrogens (tertiary/aromatic N) is 1. The topological polar surface area (TPSA) is 49.4 Å². The number of rotatable bonds is 1. The lowest BCUT2D eigenvalue weighted by atomic mass is 10.0. The Hall–Kier alpha value is -1.48. The van der Waals surface area contributed by atoms with Crippen LogP contribution in [-0.4, -0.2) is 48.2 Å². The van der Waals surface area contributed by atoms with E-state index in [9.17, 15) is 35.9 Å². The molecular weight excluding hydrogens is 282 g/mol. The zero-order valence-electron chi connectivity index (χ0n) is 9.60. The van der Waals surface area contributed by atoms with Gasteiger partial charge in [-0.25, -0.2) is 0 Å². The molecule has 0 aromatic rings. The van der Waals surface area contributed by atoms with Crippen LogP contribution < -0.4 is 5.32 Å². The lowest BCUT2D eigenvalue weighted by Crippen LogP contribution is -2.60. The molecule has 1 aliphatic rings. The molecule has 1 N–H and O–H groups in total. The van der Waals surface area contributed by atoms with Crippen LogP contribution in [0.15, 0.2) is 0 Å². The first-order chi connectivity index (χ1) is 8.46. The fourth-order valence-corrected chi connectivity index (χ4v) is 1.71. The van der Waals surface area contributed by atoms with Crippen molar-refractivity contribution in [2.45, 2.75) is 25.3 Å². The van der Waals surface area contributed by atoms with E-state index in [1.807, 2.05) is 0 Å². The van der Waals surface area contributed by atoms with Crippen LogP contribution in [0.5, 0.6) is 0 Å². The van der Waals surface area contributed by atoms with Crippen molar-refractivity contribution < 1.29 is 35.9 Å². The molecule has 19 heavy (non-hydrogen) atoms. The zero-order chi connectivity index (χ0) is 15.0. The molecule has 1 saturated heterocycles. The molecule has 4 nitrogen and oxygen atoms in total. The maximum atomic E-state index is 12.4. The van der Waals surface area contributed by atoms with Gasteiger partial charge in [-0.3, -0.25) is 9.59 Å². The normalized spacial score (nSPS) is 21.6. The standard InChI is InChI=1S/C9H10F6N2O2/c1-4-6(18)16-2-3-17(4)7(19)5(8(10,11)12)9(13,14)15/h4-5H,2-3H2,1H3,(H,16,18). The van der Waals surface area contributed by atoms with E-state index in [1.54, 1.807) is 0 Å². The minimum atomic E-state index is -5.75. The minimum Gasteiger partial charge on any atom is -0.353 e. The Bertz CT molecular complexity index is 364. The molecule has 0 radical (unpaired) electrons. The predicted molar refractivity (Wildman–Crippen MR) is 49.8 cm³/mol. The zero-order valence-corrected chi connectivity index (χ0v) is 9.60. The molecule has 1 rings (SSSR count). The summed E-state index contributed by atoms with van der Waals surface area (Å²) < 4.78 is 74.3. The largest absolute Gasteiger partial charge is 0.409 e. The Kier molecular flexibility index (Phi) is 4.01. The van der Waals surface area contributed by atoms with Gasteiger partial charge >= 0.3 is 12.4 Å². The van der Waals surface area contributed by atoms with E-state index in [0.29, 0.717) is 4.90 Å². The predicted octanol–water partition coefficient (Wildman–Crippen LogP) is 1.07. The summed E-state index contributed by atoms with van der Waals surface area (Å²) in [7, 11) is 0. The van der Waals surface area contributed by atoms with Gasteiger partial charge in [0, 0.05) is 13.1 Å². The summed E-state index contributed by atoms with van der Waals surface area (Å²) in [6.07, 6.45) is -11.5. The second-order valence-electron chi connectivity index (χ2n) is 4.01. The summed E-state index contributed by atoms with van der Waals surface area (Å²) in [5.41, 5.74) is 0. The van der Waals surface area contributed by atoms with Crippen LogP contribution in [0.2, 0.25) is 0 Å². The number of hydrogen-bond acceptors (Lipinski definition) is 2. The molecule has 10 heteroatoms. The Balaban J connectivity index is 3.04. The van der Waals surface area contributed by atoms with Crippen LogP contribution in [0.3, 0.4) is 0 Å². The Morgan fingerprint density at radius 1 is 1.26 bits per heavy atom. The molecule has 1 heterocycles. The fourth-order valence-electron chi connectivity index (χ4n) is 1.71. The first kappa shape index (κ1) is 15.6. The van der Waals surface area contributed by atoms with E-state index >= 15 is 0 Å². The quantitative estimate of drug-likeness (QED) is 0.735. The van der Waals surface area contributed by atoms with Gasteiger partial charge in [0.05, 0.1) is 0 Å². The first-order valence-electron chi connectivity index (χ1n) is 5.18. The number of piperazine rings is 1. The molecule has 0 bridgehead atoms. The Labute approximate surface area is 103 Å². The lowest BCUT2D eigenvalue weighted by Gasteiger charge is -2.36. The number of hydrogen-bond donors (Lipinski definition) is 1. The second-order valence-corrected chi connectivity index (χ2v) is 4.01.